The Bertz CT molecular complexity index is 871. The number of hydrogen-bond donors (Lipinski definition) is 1. The third-order valence-electron chi connectivity index (χ3n) is 8.85. The lowest BCUT2D eigenvalue weighted by Gasteiger charge is -2.39. The summed E-state index contributed by atoms with van der Waals surface area (Å²) in [5.41, 5.74) is -0.322. The fourth-order valence-electron chi connectivity index (χ4n) is 7.10. The van der Waals surface area contributed by atoms with Gasteiger partial charge in [-0.05, 0) is 64.9 Å². The van der Waals surface area contributed by atoms with Crippen molar-refractivity contribution in [2.24, 2.45) is 11.8 Å². The summed E-state index contributed by atoms with van der Waals surface area (Å²) in [6, 6.07) is 9.84. The third-order valence-corrected chi connectivity index (χ3v) is 8.85. The van der Waals surface area contributed by atoms with Crippen molar-refractivity contribution in [1.29, 1.82) is 0 Å². The molecule has 0 spiro atoms. The monoisotopic (exact) mass is 528 g/mol. The quantitative estimate of drug-likeness (QED) is 0.347. The van der Waals surface area contributed by atoms with Gasteiger partial charge in [-0.3, -0.25) is 4.90 Å². The van der Waals surface area contributed by atoms with Gasteiger partial charge in [-0.15, -0.1) is 0 Å². The molecular formula is C32H52N2O4. The Labute approximate surface area is 231 Å². The highest BCUT2D eigenvalue weighted by molar-refractivity contribution is 5.70. The van der Waals surface area contributed by atoms with Gasteiger partial charge in [0.2, 0.25) is 0 Å². The van der Waals surface area contributed by atoms with Gasteiger partial charge in [0.15, 0.2) is 0 Å². The van der Waals surface area contributed by atoms with Gasteiger partial charge >= 0.3 is 6.09 Å². The van der Waals surface area contributed by atoms with Crippen LogP contribution >= 0.6 is 0 Å². The van der Waals surface area contributed by atoms with Crippen molar-refractivity contribution in [3.8, 4) is 0 Å². The van der Waals surface area contributed by atoms with E-state index in [4.69, 9.17) is 9.47 Å². The van der Waals surface area contributed by atoms with Crippen LogP contribution in [0.3, 0.4) is 0 Å². The molecule has 2 saturated carbocycles. The van der Waals surface area contributed by atoms with Crippen LogP contribution in [0.4, 0.5) is 4.79 Å². The summed E-state index contributed by atoms with van der Waals surface area (Å²) in [6.07, 6.45) is 13.6. The number of nitrogens with zero attached hydrogens (tertiary/aromatic N) is 2. The summed E-state index contributed by atoms with van der Waals surface area (Å²) in [7, 11) is 0. The highest BCUT2D eigenvalue weighted by Gasteiger charge is 2.55. The Morgan fingerprint density at radius 3 is 2.18 bits per heavy atom. The van der Waals surface area contributed by atoms with Crippen molar-refractivity contribution in [2.45, 2.75) is 148 Å². The van der Waals surface area contributed by atoms with E-state index in [0.29, 0.717) is 18.4 Å². The molecule has 0 radical (unpaired) electrons. The van der Waals surface area contributed by atoms with Crippen molar-refractivity contribution in [1.82, 2.24) is 9.96 Å². The smallest absolute Gasteiger partial charge is 0.412 e. The number of rotatable bonds is 8. The molecule has 6 nitrogen and oxygen atoms in total. The first-order chi connectivity index (χ1) is 18.0. The first-order valence-corrected chi connectivity index (χ1v) is 15.2. The maximum atomic E-state index is 13.7. The molecule has 1 aromatic rings. The van der Waals surface area contributed by atoms with Gasteiger partial charge < -0.3 is 14.7 Å². The molecule has 6 heteroatoms. The molecule has 1 saturated heterocycles. The number of carbonyl (C=O) groups is 1. The standard InChI is InChI=1S/C32H52N2O4/c1-31(2,3)38-30(35)34-28(22-25-17-11-7-12-18-25)29(37-32(34,4)5)27(21-24-15-9-6-10-16-24)33(36)23-26-19-13-8-14-20-26/h8,13-14,19-20,24-25,27-29,36H,6-7,9-12,15-18,21-23H2,1-5H3/t27-,28+,29-/m1/s1. The molecule has 2 aliphatic carbocycles. The van der Waals surface area contributed by atoms with Gasteiger partial charge in [-0.25, -0.2) is 4.79 Å². The number of benzene rings is 1. The summed E-state index contributed by atoms with van der Waals surface area (Å²) in [4.78, 5) is 15.6. The van der Waals surface area contributed by atoms with E-state index < -0.39 is 11.3 Å². The summed E-state index contributed by atoms with van der Waals surface area (Å²) in [5.74, 6) is 1.13. The summed E-state index contributed by atoms with van der Waals surface area (Å²) >= 11 is 0. The fraction of sp³-hybridized carbons (Fsp3) is 0.781. The molecule has 3 aliphatic rings. The lowest BCUT2D eigenvalue weighted by atomic mass is 9.79. The Balaban J connectivity index is 1.65. The van der Waals surface area contributed by atoms with E-state index >= 15 is 0 Å². The molecule has 0 unspecified atom stereocenters. The first-order valence-electron chi connectivity index (χ1n) is 15.2. The van der Waals surface area contributed by atoms with E-state index in [1.54, 1.807) is 0 Å². The van der Waals surface area contributed by atoms with Crippen LogP contribution in [0.2, 0.25) is 0 Å². The topological polar surface area (TPSA) is 62.2 Å². The fourth-order valence-corrected chi connectivity index (χ4v) is 7.10. The molecule has 1 aromatic carbocycles. The SMILES string of the molecule is CC(C)(C)OC(=O)N1[C@@H](CC2CCCCC2)[C@@H]([C@@H](CC2CCCCC2)N(O)Cc2ccccc2)OC1(C)C. The van der Waals surface area contributed by atoms with Crippen LogP contribution in [0.15, 0.2) is 30.3 Å². The zero-order chi connectivity index (χ0) is 27.3. The van der Waals surface area contributed by atoms with E-state index in [1.165, 1.54) is 69.3 Å². The molecular weight excluding hydrogens is 476 g/mol. The number of hydrogen-bond acceptors (Lipinski definition) is 5. The molecule has 3 fully saturated rings. The second-order valence-electron chi connectivity index (χ2n) is 13.6. The number of ether oxygens (including phenoxy) is 2. The predicted molar refractivity (Wildman–Crippen MR) is 151 cm³/mol. The van der Waals surface area contributed by atoms with E-state index in [2.05, 4.69) is 12.1 Å². The Morgan fingerprint density at radius 2 is 1.61 bits per heavy atom. The van der Waals surface area contributed by atoms with E-state index in [0.717, 1.165) is 18.4 Å². The normalized spacial score (nSPS) is 26.0. The van der Waals surface area contributed by atoms with Crippen LogP contribution in [0, 0.1) is 11.8 Å². The zero-order valence-corrected chi connectivity index (χ0v) is 24.5. The molecule has 0 bridgehead atoms. The summed E-state index contributed by atoms with van der Waals surface area (Å²) in [6.45, 7) is 10.2. The van der Waals surface area contributed by atoms with Crippen molar-refractivity contribution in [3.05, 3.63) is 35.9 Å². The van der Waals surface area contributed by atoms with Crippen LogP contribution in [-0.4, -0.2) is 50.8 Å². The van der Waals surface area contributed by atoms with Gasteiger partial charge in [-0.1, -0.05) is 94.5 Å². The van der Waals surface area contributed by atoms with Crippen molar-refractivity contribution < 1.29 is 19.5 Å². The second-order valence-corrected chi connectivity index (χ2v) is 13.6. The largest absolute Gasteiger partial charge is 0.444 e. The van der Waals surface area contributed by atoms with Gasteiger partial charge in [0.25, 0.3) is 0 Å². The molecule has 1 N–H and O–H groups in total. The maximum Gasteiger partial charge on any atom is 0.412 e. The van der Waals surface area contributed by atoms with Crippen LogP contribution in [0.1, 0.15) is 117 Å². The highest BCUT2D eigenvalue weighted by atomic mass is 16.6. The summed E-state index contributed by atoms with van der Waals surface area (Å²) in [5, 5.41) is 13.2. The lowest BCUT2D eigenvalue weighted by molar-refractivity contribution is -0.185. The molecule has 4 rings (SSSR count). The van der Waals surface area contributed by atoms with Crippen molar-refractivity contribution >= 4 is 6.09 Å². The van der Waals surface area contributed by atoms with Crippen molar-refractivity contribution in [3.63, 3.8) is 0 Å². The van der Waals surface area contributed by atoms with E-state index in [9.17, 15) is 10.0 Å². The van der Waals surface area contributed by atoms with Crippen LogP contribution in [0.25, 0.3) is 0 Å². The minimum Gasteiger partial charge on any atom is -0.444 e. The summed E-state index contributed by atoms with van der Waals surface area (Å²) < 4.78 is 12.8. The third kappa shape index (κ3) is 7.73. The number of hydroxylamine groups is 2. The van der Waals surface area contributed by atoms with Crippen LogP contribution in [0.5, 0.6) is 0 Å². The van der Waals surface area contributed by atoms with E-state index in [-0.39, 0.29) is 24.3 Å². The van der Waals surface area contributed by atoms with Gasteiger partial charge in [-0.2, -0.15) is 5.06 Å². The van der Waals surface area contributed by atoms with E-state index in [1.807, 2.05) is 57.7 Å². The average Bonchev–Trinajstić information content (AvgIpc) is 3.13. The predicted octanol–water partition coefficient (Wildman–Crippen LogP) is 7.93. The second kappa shape index (κ2) is 12.7. The Hall–Kier alpha value is -1.63. The number of amides is 1. The molecule has 0 aromatic heterocycles. The lowest BCUT2D eigenvalue weighted by Crippen LogP contribution is -2.53. The minimum atomic E-state index is -0.815. The van der Waals surface area contributed by atoms with Gasteiger partial charge in [0.05, 0.1) is 18.2 Å². The highest BCUT2D eigenvalue weighted by Crippen LogP contribution is 2.43. The van der Waals surface area contributed by atoms with Crippen LogP contribution in [-0.2, 0) is 16.0 Å². The Kier molecular flexibility index (Phi) is 9.81. The van der Waals surface area contributed by atoms with Crippen LogP contribution < -0.4 is 0 Å². The first kappa shape index (κ1) is 29.4. The zero-order valence-electron chi connectivity index (χ0n) is 24.5. The molecule has 1 heterocycles. The van der Waals surface area contributed by atoms with Crippen molar-refractivity contribution in [2.75, 3.05) is 0 Å². The molecule has 1 aliphatic heterocycles. The average molecular weight is 529 g/mol. The molecule has 3 atom stereocenters. The molecule has 214 valence electrons. The number of carbonyl (C=O) groups excluding carboxylic acids is 1. The maximum absolute atomic E-state index is 13.7. The molecule has 1 amide bonds. The Morgan fingerprint density at radius 1 is 1.03 bits per heavy atom. The van der Waals surface area contributed by atoms with Gasteiger partial charge in [0, 0.05) is 6.54 Å². The van der Waals surface area contributed by atoms with Gasteiger partial charge in [0.1, 0.15) is 11.3 Å². The minimum absolute atomic E-state index is 0.137. The molecule has 38 heavy (non-hydrogen) atoms.